The maximum Gasteiger partial charge on any atom is 0.416 e. The van der Waals surface area contributed by atoms with Crippen molar-refractivity contribution in [1.29, 1.82) is 0 Å². The topological polar surface area (TPSA) is 71.5 Å². The van der Waals surface area contributed by atoms with E-state index < -0.39 is 23.8 Å². The standard InChI is InChI=1S/C20H16ClF3N2O3/c21-18-9-16(15-6-1-2-7-17(15)26-18)19(28)25-10-13(27)11-29-14-5-3-4-12(8-14)20(22,23)24/h1-9,13,27H,10-11H2,(H,25,28). The van der Waals surface area contributed by atoms with Gasteiger partial charge in [-0.2, -0.15) is 13.2 Å². The van der Waals surface area contributed by atoms with Crippen molar-refractivity contribution in [1.82, 2.24) is 10.3 Å². The van der Waals surface area contributed by atoms with E-state index in [9.17, 15) is 23.1 Å². The number of benzene rings is 2. The molecule has 0 saturated carbocycles. The first kappa shape index (κ1) is 20.9. The molecule has 1 amide bonds. The lowest BCUT2D eigenvalue weighted by atomic mass is 10.1. The van der Waals surface area contributed by atoms with E-state index in [1.54, 1.807) is 24.3 Å². The van der Waals surface area contributed by atoms with Gasteiger partial charge in [-0.1, -0.05) is 35.9 Å². The van der Waals surface area contributed by atoms with Crippen LogP contribution in [-0.4, -0.2) is 35.3 Å². The van der Waals surface area contributed by atoms with E-state index in [-0.39, 0.29) is 24.1 Å². The van der Waals surface area contributed by atoms with Crippen molar-refractivity contribution in [2.24, 2.45) is 0 Å². The molecule has 2 N–H and O–H groups in total. The number of nitrogens with one attached hydrogen (secondary N) is 1. The third kappa shape index (κ3) is 5.36. The van der Waals surface area contributed by atoms with Gasteiger partial charge in [0.15, 0.2) is 0 Å². The van der Waals surface area contributed by atoms with Gasteiger partial charge in [0.1, 0.15) is 23.6 Å². The number of alkyl halides is 3. The number of pyridine rings is 1. The van der Waals surface area contributed by atoms with Gasteiger partial charge in [-0.3, -0.25) is 4.79 Å². The van der Waals surface area contributed by atoms with Crippen LogP contribution < -0.4 is 10.1 Å². The van der Waals surface area contributed by atoms with Crippen LogP contribution in [0.4, 0.5) is 13.2 Å². The van der Waals surface area contributed by atoms with Crippen molar-refractivity contribution in [2.75, 3.05) is 13.2 Å². The predicted octanol–water partition coefficient (Wildman–Crippen LogP) is 4.08. The summed E-state index contributed by atoms with van der Waals surface area (Å²) in [4.78, 5) is 16.6. The summed E-state index contributed by atoms with van der Waals surface area (Å²) in [6.07, 6.45) is -5.61. The molecule has 2 aromatic carbocycles. The second-order valence-electron chi connectivity index (χ2n) is 6.21. The number of aliphatic hydroxyl groups is 1. The quantitative estimate of drug-likeness (QED) is 0.585. The first-order chi connectivity index (χ1) is 13.7. The molecule has 0 aliphatic carbocycles. The molecule has 9 heteroatoms. The van der Waals surface area contributed by atoms with Gasteiger partial charge in [0.25, 0.3) is 5.91 Å². The summed E-state index contributed by atoms with van der Waals surface area (Å²) in [6.45, 7) is -0.453. The number of carbonyl (C=O) groups is 1. The highest BCUT2D eigenvalue weighted by Crippen LogP contribution is 2.31. The Hall–Kier alpha value is -2.84. The molecule has 0 radical (unpaired) electrons. The van der Waals surface area contributed by atoms with Crippen LogP contribution in [0.25, 0.3) is 10.9 Å². The number of hydrogen-bond acceptors (Lipinski definition) is 4. The van der Waals surface area contributed by atoms with Gasteiger partial charge in [-0.05, 0) is 30.3 Å². The highest BCUT2D eigenvalue weighted by molar-refractivity contribution is 6.30. The molecule has 29 heavy (non-hydrogen) atoms. The fourth-order valence-corrected chi connectivity index (χ4v) is 2.85. The first-order valence-electron chi connectivity index (χ1n) is 8.55. The van der Waals surface area contributed by atoms with Crippen LogP contribution in [0.1, 0.15) is 15.9 Å². The van der Waals surface area contributed by atoms with Crippen molar-refractivity contribution in [2.45, 2.75) is 12.3 Å². The molecule has 1 unspecified atom stereocenters. The van der Waals surface area contributed by atoms with Gasteiger partial charge in [-0.15, -0.1) is 0 Å². The molecular formula is C20H16ClF3N2O3. The first-order valence-corrected chi connectivity index (χ1v) is 8.93. The molecule has 3 aromatic rings. The van der Waals surface area contributed by atoms with Crippen LogP contribution in [0, 0.1) is 0 Å². The van der Waals surface area contributed by atoms with Crippen LogP contribution in [0.3, 0.4) is 0 Å². The number of hydrogen-bond donors (Lipinski definition) is 2. The van der Waals surface area contributed by atoms with Crippen molar-refractivity contribution < 1.29 is 27.8 Å². The zero-order valence-electron chi connectivity index (χ0n) is 14.9. The normalized spacial score (nSPS) is 12.6. The minimum absolute atomic E-state index is 0.0305. The van der Waals surface area contributed by atoms with E-state index in [4.69, 9.17) is 16.3 Å². The van der Waals surface area contributed by atoms with Gasteiger partial charge < -0.3 is 15.2 Å². The lowest BCUT2D eigenvalue weighted by Crippen LogP contribution is -2.35. The fourth-order valence-electron chi connectivity index (χ4n) is 2.65. The Morgan fingerprint density at radius 3 is 2.69 bits per heavy atom. The summed E-state index contributed by atoms with van der Waals surface area (Å²) in [5.74, 6) is -0.499. The molecule has 3 rings (SSSR count). The maximum atomic E-state index is 12.7. The van der Waals surface area contributed by atoms with E-state index >= 15 is 0 Å². The minimum atomic E-state index is -4.49. The monoisotopic (exact) mass is 424 g/mol. The van der Waals surface area contributed by atoms with Crippen molar-refractivity contribution >= 4 is 28.4 Å². The third-order valence-electron chi connectivity index (χ3n) is 4.03. The van der Waals surface area contributed by atoms with E-state index in [0.29, 0.717) is 16.5 Å². The van der Waals surface area contributed by atoms with E-state index in [2.05, 4.69) is 10.3 Å². The number of aromatic nitrogens is 1. The molecule has 0 bridgehead atoms. The average molecular weight is 425 g/mol. The van der Waals surface area contributed by atoms with Gasteiger partial charge >= 0.3 is 6.18 Å². The Labute approximate surface area is 169 Å². The Kier molecular flexibility index (Phi) is 6.24. The molecule has 1 aromatic heterocycles. The molecule has 1 heterocycles. The molecule has 1 atom stereocenters. The molecule has 5 nitrogen and oxygen atoms in total. The smallest absolute Gasteiger partial charge is 0.416 e. The number of para-hydroxylation sites is 1. The summed E-state index contributed by atoms with van der Waals surface area (Å²) in [5, 5.41) is 13.3. The van der Waals surface area contributed by atoms with E-state index in [1.807, 2.05) is 0 Å². The second kappa shape index (κ2) is 8.67. The molecule has 0 saturated heterocycles. The van der Waals surface area contributed by atoms with Gasteiger partial charge in [0.2, 0.25) is 0 Å². The fraction of sp³-hybridized carbons (Fsp3) is 0.200. The minimum Gasteiger partial charge on any atom is -0.491 e. The third-order valence-corrected chi connectivity index (χ3v) is 4.23. The molecule has 152 valence electrons. The summed E-state index contributed by atoms with van der Waals surface area (Å²) in [7, 11) is 0. The SMILES string of the molecule is O=C(NCC(O)COc1cccc(C(F)(F)F)c1)c1cc(Cl)nc2ccccc12. The zero-order valence-corrected chi connectivity index (χ0v) is 15.7. The summed E-state index contributed by atoms with van der Waals surface area (Å²) >= 11 is 5.95. The molecule has 0 aliphatic rings. The van der Waals surface area contributed by atoms with Crippen molar-refractivity contribution in [3.05, 3.63) is 70.9 Å². The lowest BCUT2D eigenvalue weighted by molar-refractivity contribution is -0.137. The van der Waals surface area contributed by atoms with Crippen molar-refractivity contribution in [3.63, 3.8) is 0 Å². The molecule has 0 fully saturated rings. The second-order valence-corrected chi connectivity index (χ2v) is 6.60. The molecular weight excluding hydrogens is 409 g/mol. The van der Waals surface area contributed by atoms with Crippen LogP contribution >= 0.6 is 11.6 Å². The Balaban J connectivity index is 1.59. The Morgan fingerprint density at radius 1 is 1.17 bits per heavy atom. The number of rotatable bonds is 6. The highest BCUT2D eigenvalue weighted by Gasteiger charge is 2.30. The number of amides is 1. The van der Waals surface area contributed by atoms with Gasteiger partial charge in [0.05, 0.1) is 16.6 Å². The average Bonchev–Trinajstić information content (AvgIpc) is 2.69. The molecule has 0 aliphatic heterocycles. The largest absolute Gasteiger partial charge is 0.491 e. The lowest BCUT2D eigenvalue weighted by Gasteiger charge is -2.15. The number of fused-ring (bicyclic) bond motifs is 1. The number of aliphatic hydroxyl groups excluding tert-OH is 1. The van der Waals surface area contributed by atoms with Crippen LogP contribution in [0.5, 0.6) is 5.75 Å². The number of ether oxygens (including phenoxy) is 1. The number of halogens is 4. The summed E-state index contributed by atoms with van der Waals surface area (Å²) in [5.41, 5.74) is 0.00408. The summed E-state index contributed by atoms with van der Waals surface area (Å²) in [6, 6.07) is 12.7. The van der Waals surface area contributed by atoms with Gasteiger partial charge in [-0.25, -0.2) is 4.98 Å². The van der Waals surface area contributed by atoms with E-state index in [1.165, 1.54) is 18.2 Å². The summed E-state index contributed by atoms with van der Waals surface area (Å²) < 4.78 is 43.3. The Morgan fingerprint density at radius 2 is 1.93 bits per heavy atom. The Bertz CT molecular complexity index is 1030. The van der Waals surface area contributed by atoms with Gasteiger partial charge in [0, 0.05) is 11.9 Å². The van der Waals surface area contributed by atoms with Crippen LogP contribution in [-0.2, 0) is 6.18 Å². The zero-order chi connectivity index (χ0) is 21.0. The predicted molar refractivity (Wildman–Crippen MR) is 102 cm³/mol. The van der Waals surface area contributed by atoms with Crippen LogP contribution in [0.15, 0.2) is 54.6 Å². The van der Waals surface area contributed by atoms with Crippen molar-refractivity contribution in [3.8, 4) is 5.75 Å². The molecule has 0 spiro atoms. The van der Waals surface area contributed by atoms with E-state index in [0.717, 1.165) is 12.1 Å². The number of carbonyl (C=O) groups excluding carboxylic acids is 1. The maximum absolute atomic E-state index is 12.7. The highest BCUT2D eigenvalue weighted by atomic mass is 35.5. The number of nitrogens with zero attached hydrogens (tertiary/aromatic N) is 1. The van der Waals surface area contributed by atoms with Crippen LogP contribution in [0.2, 0.25) is 5.15 Å².